The molecule has 1 heterocycles. The second kappa shape index (κ2) is 4.82. The van der Waals surface area contributed by atoms with Gasteiger partial charge >= 0.3 is 0 Å². The Hall–Kier alpha value is -2.10. The van der Waals surface area contributed by atoms with E-state index in [2.05, 4.69) is 4.98 Å². The highest BCUT2D eigenvalue weighted by Crippen LogP contribution is 2.27. The average Bonchev–Trinajstić information content (AvgIpc) is 2.82. The largest absolute Gasteiger partial charge is 0.497 e. The lowest BCUT2D eigenvalue weighted by Crippen LogP contribution is -1.87. The molecule has 0 saturated heterocycles. The van der Waals surface area contributed by atoms with Crippen LogP contribution in [0.1, 0.15) is 23.4 Å². The zero-order valence-corrected chi connectivity index (χ0v) is 9.77. The highest BCUT2D eigenvalue weighted by molar-refractivity contribution is 5.72. The summed E-state index contributed by atoms with van der Waals surface area (Å²) in [5.74, 6) is 1.57. The van der Waals surface area contributed by atoms with Crippen molar-refractivity contribution in [2.75, 3.05) is 7.11 Å². The summed E-state index contributed by atoms with van der Waals surface area (Å²) in [5.41, 5.74) is 1.59. The molecule has 0 bridgehead atoms. The van der Waals surface area contributed by atoms with Crippen LogP contribution in [0.5, 0.6) is 5.75 Å². The molecule has 0 spiro atoms. The van der Waals surface area contributed by atoms with E-state index in [-0.39, 0.29) is 5.89 Å². The number of carbonyl (C=O) groups excluding carboxylic acids is 1. The normalized spacial score (nSPS) is 10.2. The summed E-state index contributed by atoms with van der Waals surface area (Å²) in [5, 5.41) is 0. The number of carbonyl (C=O) groups is 1. The van der Waals surface area contributed by atoms with Crippen LogP contribution in [-0.2, 0) is 6.42 Å². The minimum absolute atomic E-state index is 0.111. The molecule has 2 rings (SSSR count). The van der Waals surface area contributed by atoms with E-state index < -0.39 is 0 Å². The van der Waals surface area contributed by atoms with E-state index in [4.69, 9.17) is 9.15 Å². The van der Waals surface area contributed by atoms with Gasteiger partial charge in [0.25, 0.3) is 5.89 Å². The quantitative estimate of drug-likeness (QED) is 0.759. The Morgan fingerprint density at radius 3 is 2.94 bits per heavy atom. The second-order valence-electron chi connectivity index (χ2n) is 3.53. The van der Waals surface area contributed by atoms with Gasteiger partial charge in [0.1, 0.15) is 17.2 Å². The molecule has 0 radical (unpaired) electrons. The summed E-state index contributed by atoms with van der Waals surface area (Å²) in [4.78, 5) is 14.8. The van der Waals surface area contributed by atoms with Crippen LogP contribution < -0.4 is 4.74 Å². The first kappa shape index (κ1) is 11.4. The van der Waals surface area contributed by atoms with Gasteiger partial charge < -0.3 is 9.15 Å². The number of nitrogens with zero attached hydrogens (tertiary/aromatic N) is 1. The van der Waals surface area contributed by atoms with Gasteiger partial charge in [-0.3, -0.25) is 4.79 Å². The Morgan fingerprint density at radius 2 is 2.29 bits per heavy atom. The first-order valence-corrected chi connectivity index (χ1v) is 5.37. The van der Waals surface area contributed by atoms with Crippen LogP contribution in [0.4, 0.5) is 0 Å². The van der Waals surface area contributed by atoms with Crippen molar-refractivity contribution in [3.8, 4) is 17.0 Å². The number of methoxy groups -OCH3 is 1. The van der Waals surface area contributed by atoms with Gasteiger partial charge in [-0.2, -0.15) is 0 Å². The molecule has 0 amide bonds. The molecule has 1 aromatic carbocycles. The molecule has 0 aliphatic heterocycles. The Bertz CT molecular complexity index is 531. The van der Waals surface area contributed by atoms with Crippen LogP contribution in [0.2, 0.25) is 0 Å². The average molecular weight is 231 g/mol. The van der Waals surface area contributed by atoms with Crippen molar-refractivity contribution in [2.45, 2.75) is 13.3 Å². The van der Waals surface area contributed by atoms with Crippen molar-refractivity contribution in [1.82, 2.24) is 4.98 Å². The number of oxazole rings is 1. The molecule has 0 unspecified atom stereocenters. The van der Waals surface area contributed by atoms with Crippen LogP contribution in [-0.4, -0.2) is 18.4 Å². The third-order valence-corrected chi connectivity index (χ3v) is 2.48. The Balaban J connectivity index is 2.50. The summed E-state index contributed by atoms with van der Waals surface area (Å²) in [6.45, 7) is 1.96. The maximum Gasteiger partial charge on any atom is 0.260 e. The van der Waals surface area contributed by atoms with Gasteiger partial charge in [0.05, 0.1) is 7.11 Å². The number of ether oxygens (including phenoxy) is 1. The van der Waals surface area contributed by atoms with Crippen molar-refractivity contribution < 1.29 is 13.9 Å². The van der Waals surface area contributed by atoms with E-state index in [1.54, 1.807) is 7.11 Å². The Labute approximate surface area is 99.2 Å². The molecule has 1 aromatic heterocycles. The predicted molar refractivity (Wildman–Crippen MR) is 63.3 cm³/mol. The maximum atomic E-state index is 10.7. The number of hydrogen-bond donors (Lipinski definition) is 0. The summed E-state index contributed by atoms with van der Waals surface area (Å²) in [7, 11) is 1.61. The molecule has 4 nitrogen and oxygen atoms in total. The van der Waals surface area contributed by atoms with Crippen LogP contribution in [0.3, 0.4) is 0 Å². The third kappa shape index (κ3) is 2.20. The zero-order valence-electron chi connectivity index (χ0n) is 9.77. The van der Waals surface area contributed by atoms with Gasteiger partial charge in [-0.25, -0.2) is 4.98 Å². The number of aryl methyl sites for hydroxylation is 1. The minimum Gasteiger partial charge on any atom is -0.497 e. The molecular weight excluding hydrogens is 218 g/mol. The molecule has 0 aliphatic carbocycles. The summed E-state index contributed by atoms with van der Waals surface area (Å²) in [6.07, 6.45) is 1.30. The number of rotatable bonds is 4. The smallest absolute Gasteiger partial charge is 0.260 e. The van der Waals surface area contributed by atoms with Crippen molar-refractivity contribution in [1.29, 1.82) is 0 Å². The molecule has 17 heavy (non-hydrogen) atoms. The van der Waals surface area contributed by atoms with Crippen molar-refractivity contribution in [3.63, 3.8) is 0 Å². The maximum absolute atomic E-state index is 10.7. The third-order valence-electron chi connectivity index (χ3n) is 2.48. The Kier molecular flexibility index (Phi) is 3.23. The lowest BCUT2D eigenvalue weighted by molar-refractivity contribution is 0.109. The molecule has 0 atom stereocenters. The van der Waals surface area contributed by atoms with Crippen LogP contribution in [0.15, 0.2) is 28.7 Å². The van der Waals surface area contributed by atoms with Crippen LogP contribution in [0, 0.1) is 0 Å². The number of hydrogen-bond acceptors (Lipinski definition) is 4. The van der Waals surface area contributed by atoms with E-state index >= 15 is 0 Å². The fraction of sp³-hybridized carbons (Fsp3) is 0.231. The summed E-state index contributed by atoms with van der Waals surface area (Å²) < 4.78 is 10.5. The van der Waals surface area contributed by atoms with Crippen molar-refractivity contribution in [2.24, 2.45) is 0 Å². The topological polar surface area (TPSA) is 52.3 Å². The number of aldehydes is 1. The molecule has 0 saturated carbocycles. The van der Waals surface area contributed by atoms with Crippen molar-refractivity contribution >= 4 is 6.29 Å². The van der Waals surface area contributed by atoms with Gasteiger partial charge in [-0.15, -0.1) is 0 Å². The fourth-order valence-corrected chi connectivity index (χ4v) is 1.66. The highest BCUT2D eigenvalue weighted by Gasteiger charge is 2.13. The minimum atomic E-state index is 0.111. The van der Waals surface area contributed by atoms with Gasteiger partial charge in [-0.1, -0.05) is 19.1 Å². The molecule has 2 aromatic rings. The second-order valence-corrected chi connectivity index (χ2v) is 3.53. The molecule has 0 aliphatic rings. The SMILES string of the molecule is CCc1oc(C=O)nc1-c1cccc(OC)c1. The van der Waals surface area contributed by atoms with Gasteiger partial charge in [0.2, 0.25) is 6.29 Å². The van der Waals surface area contributed by atoms with Crippen molar-refractivity contribution in [3.05, 3.63) is 35.9 Å². The summed E-state index contributed by atoms with van der Waals surface area (Å²) in [6, 6.07) is 7.51. The van der Waals surface area contributed by atoms with E-state index in [1.807, 2.05) is 31.2 Å². The van der Waals surface area contributed by atoms with Crippen LogP contribution in [0.25, 0.3) is 11.3 Å². The van der Waals surface area contributed by atoms with E-state index in [1.165, 1.54) is 0 Å². The first-order valence-electron chi connectivity index (χ1n) is 5.37. The fourth-order valence-electron chi connectivity index (χ4n) is 1.66. The van der Waals surface area contributed by atoms with E-state index in [0.29, 0.717) is 24.2 Å². The number of benzene rings is 1. The monoisotopic (exact) mass is 231 g/mol. The van der Waals surface area contributed by atoms with Crippen LogP contribution >= 0.6 is 0 Å². The summed E-state index contributed by atoms with van der Waals surface area (Å²) >= 11 is 0. The Morgan fingerprint density at radius 1 is 1.47 bits per heavy atom. The van der Waals surface area contributed by atoms with Gasteiger partial charge in [0, 0.05) is 12.0 Å². The lowest BCUT2D eigenvalue weighted by Gasteiger charge is -2.02. The first-order chi connectivity index (χ1) is 8.28. The molecule has 88 valence electrons. The highest BCUT2D eigenvalue weighted by atomic mass is 16.5. The van der Waals surface area contributed by atoms with E-state index in [9.17, 15) is 4.79 Å². The van der Waals surface area contributed by atoms with E-state index in [0.717, 1.165) is 11.3 Å². The number of aromatic nitrogens is 1. The van der Waals surface area contributed by atoms with Gasteiger partial charge in [0.15, 0.2) is 0 Å². The molecular formula is C13H13NO3. The molecule has 4 heteroatoms. The molecule has 0 N–H and O–H groups in total. The standard InChI is InChI=1S/C13H13NO3/c1-3-11-13(14-12(8-15)17-11)9-5-4-6-10(7-9)16-2/h4-8H,3H2,1-2H3. The lowest BCUT2D eigenvalue weighted by atomic mass is 10.1. The molecule has 0 fully saturated rings. The predicted octanol–water partition coefficient (Wildman–Crippen LogP) is 2.73. The van der Waals surface area contributed by atoms with Gasteiger partial charge in [-0.05, 0) is 12.1 Å². The zero-order chi connectivity index (χ0) is 12.3.